The number of amides is 1. The first kappa shape index (κ1) is 18.9. The number of nitrogens with zero attached hydrogens (tertiary/aromatic N) is 4. The molecule has 29 heavy (non-hydrogen) atoms. The highest BCUT2D eigenvalue weighted by Crippen LogP contribution is 2.28. The molecule has 0 aliphatic rings. The maximum absolute atomic E-state index is 12.7. The van der Waals surface area contributed by atoms with Crippen LogP contribution in [-0.2, 0) is 6.42 Å². The van der Waals surface area contributed by atoms with Crippen molar-refractivity contribution in [3.8, 4) is 22.1 Å². The van der Waals surface area contributed by atoms with Gasteiger partial charge in [-0.15, -0.1) is 10.2 Å². The molecule has 0 aliphatic carbocycles. The molecule has 148 valence electrons. The van der Waals surface area contributed by atoms with E-state index in [9.17, 15) is 4.79 Å². The molecular weight excluding hydrogens is 390 g/mol. The first-order valence-corrected chi connectivity index (χ1v) is 9.79. The van der Waals surface area contributed by atoms with Crippen LogP contribution in [0.3, 0.4) is 0 Å². The second kappa shape index (κ2) is 7.88. The number of rotatable bonds is 6. The van der Waals surface area contributed by atoms with Crippen LogP contribution >= 0.6 is 11.3 Å². The monoisotopic (exact) mass is 409 g/mol. The van der Waals surface area contributed by atoms with Gasteiger partial charge >= 0.3 is 0 Å². The second-order valence-electron chi connectivity index (χ2n) is 6.21. The number of carbonyl (C=O) groups is 1. The molecule has 1 amide bonds. The van der Waals surface area contributed by atoms with E-state index < -0.39 is 0 Å². The van der Waals surface area contributed by atoms with Gasteiger partial charge in [0, 0.05) is 29.3 Å². The summed E-state index contributed by atoms with van der Waals surface area (Å²) in [4.78, 5) is 13.5. The van der Waals surface area contributed by atoms with Gasteiger partial charge in [0.15, 0.2) is 5.82 Å². The van der Waals surface area contributed by atoms with E-state index in [0.29, 0.717) is 22.7 Å². The lowest BCUT2D eigenvalue weighted by atomic mass is 10.1. The van der Waals surface area contributed by atoms with Crippen LogP contribution in [0.1, 0.15) is 23.1 Å². The minimum atomic E-state index is -0.259. The summed E-state index contributed by atoms with van der Waals surface area (Å²) in [5, 5.41) is 16.6. The smallest absolute Gasteiger partial charge is 0.255 e. The Hall–Kier alpha value is -3.46. The summed E-state index contributed by atoms with van der Waals surface area (Å²) in [7, 11) is 3.09. The molecule has 8 nitrogen and oxygen atoms in total. The van der Waals surface area contributed by atoms with E-state index in [0.717, 1.165) is 27.8 Å². The maximum Gasteiger partial charge on any atom is 0.255 e. The highest BCUT2D eigenvalue weighted by Gasteiger charge is 2.14. The standard InChI is InChI=1S/C20H19N5O3S/c1-4-17-22-23-20-25(17)24-19(29-20)12-6-5-7-14(8-12)21-18(26)13-9-15(27-2)11-16(10-13)28-3/h5-11H,4H2,1-3H3,(H,21,26). The summed E-state index contributed by atoms with van der Waals surface area (Å²) in [5.74, 6) is 1.66. The number of nitrogens with one attached hydrogen (secondary N) is 1. The molecule has 4 rings (SSSR count). The van der Waals surface area contributed by atoms with E-state index in [1.54, 1.807) is 36.9 Å². The zero-order chi connectivity index (χ0) is 20.4. The van der Waals surface area contributed by atoms with Crippen LogP contribution in [0.5, 0.6) is 11.5 Å². The average molecular weight is 409 g/mol. The molecule has 0 aliphatic heterocycles. The molecule has 4 aromatic rings. The van der Waals surface area contributed by atoms with Gasteiger partial charge < -0.3 is 14.8 Å². The van der Waals surface area contributed by atoms with Crippen molar-refractivity contribution in [2.75, 3.05) is 19.5 Å². The third kappa shape index (κ3) is 3.77. The van der Waals surface area contributed by atoms with E-state index in [2.05, 4.69) is 20.6 Å². The highest BCUT2D eigenvalue weighted by atomic mass is 32.1. The van der Waals surface area contributed by atoms with Crippen LogP contribution in [-0.4, -0.2) is 39.9 Å². The lowest BCUT2D eigenvalue weighted by molar-refractivity contribution is 0.102. The first-order valence-electron chi connectivity index (χ1n) is 8.97. The summed E-state index contributed by atoms with van der Waals surface area (Å²) in [6.07, 6.45) is 0.754. The Morgan fingerprint density at radius 3 is 2.55 bits per heavy atom. The number of ether oxygens (including phenoxy) is 2. The summed E-state index contributed by atoms with van der Waals surface area (Å²) in [6.45, 7) is 2.01. The van der Waals surface area contributed by atoms with Crippen molar-refractivity contribution in [1.82, 2.24) is 19.8 Å². The van der Waals surface area contributed by atoms with E-state index in [1.165, 1.54) is 11.3 Å². The summed E-state index contributed by atoms with van der Waals surface area (Å²) in [5.41, 5.74) is 2.00. The van der Waals surface area contributed by atoms with Gasteiger partial charge in [-0.2, -0.15) is 9.61 Å². The Balaban J connectivity index is 1.60. The summed E-state index contributed by atoms with van der Waals surface area (Å²) >= 11 is 1.45. The molecule has 2 aromatic carbocycles. The normalized spacial score (nSPS) is 10.9. The highest BCUT2D eigenvalue weighted by molar-refractivity contribution is 7.19. The third-order valence-electron chi connectivity index (χ3n) is 4.35. The van der Waals surface area contributed by atoms with E-state index in [-0.39, 0.29) is 5.91 Å². The predicted molar refractivity (Wildman–Crippen MR) is 111 cm³/mol. The fourth-order valence-corrected chi connectivity index (χ4v) is 3.72. The zero-order valence-corrected chi connectivity index (χ0v) is 17.0. The third-order valence-corrected chi connectivity index (χ3v) is 5.30. The average Bonchev–Trinajstić information content (AvgIpc) is 3.34. The molecule has 1 N–H and O–H groups in total. The number of fused-ring (bicyclic) bond motifs is 1. The molecule has 0 fully saturated rings. The van der Waals surface area contributed by atoms with Gasteiger partial charge in [-0.3, -0.25) is 4.79 Å². The van der Waals surface area contributed by atoms with Gasteiger partial charge in [0.1, 0.15) is 16.5 Å². The van der Waals surface area contributed by atoms with Crippen LogP contribution in [0, 0.1) is 0 Å². The second-order valence-corrected chi connectivity index (χ2v) is 7.16. The Morgan fingerprint density at radius 1 is 1.10 bits per heavy atom. The van der Waals surface area contributed by atoms with Crippen molar-refractivity contribution < 1.29 is 14.3 Å². The fraction of sp³-hybridized carbons (Fsp3) is 0.200. The van der Waals surface area contributed by atoms with Crippen LogP contribution in [0.4, 0.5) is 5.69 Å². The molecule has 0 spiro atoms. The summed E-state index contributed by atoms with van der Waals surface area (Å²) < 4.78 is 12.2. The molecular formula is C20H19N5O3S. The summed E-state index contributed by atoms with van der Waals surface area (Å²) in [6, 6.07) is 12.6. The zero-order valence-electron chi connectivity index (χ0n) is 16.2. The van der Waals surface area contributed by atoms with Crippen molar-refractivity contribution in [3.63, 3.8) is 0 Å². The topological polar surface area (TPSA) is 90.6 Å². The van der Waals surface area contributed by atoms with Gasteiger partial charge in [-0.25, -0.2) is 0 Å². The number of anilines is 1. The van der Waals surface area contributed by atoms with Crippen molar-refractivity contribution in [2.45, 2.75) is 13.3 Å². The number of benzene rings is 2. The molecule has 0 saturated carbocycles. The Morgan fingerprint density at radius 2 is 1.86 bits per heavy atom. The minimum Gasteiger partial charge on any atom is -0.497 e. The molecule has 0 atom stereocenters. The first-order chi connectivity index (χ1) is 14.1. The predicted octanol–water partition coefficient (Wildman–Crippen LogP) is 3.68. The molecule has 0 radical (unpaired) electrons. The van der Waals surface area contributed by atoms with Crippen LogP contribution in [0.25, 0.3) is 15.5 Å². The molecule has 9 heteroatoms. The van der Waals surface area contributed by atoms with Gasteiger partial charge in [0.25, 0.3) is 5.91 Å². The number of aromatic nitrogens is 4. The SMILES string of the molecule is CCc1nnc2sc(-c3cccc(NC(=O)c4cc(OC)cc(OC)c4)c3)nn12. The number of hydrogen-bond donors (Lipinski definition) is 1. The van der Waals surface area contributed by atoms with Crippen LogP contribution < -0.4 is 14.8 Å². The van der Waals surface area contributed by atoms with Gasteiger partial charge in [-0.05, 0) is 24.3 Å². The molecule has 0 saturated heterocycles. The quantitative estimate of drug-likeness (QED) is 0.522. The Labute approximate surface area is 171 Å². The number of methoxy groups -OCH3 is 2. The number of carbonyl (C=O) groups excluding carboxylic acids is 1. The van der Waals surface area contributed by atoms with Crippen molar-refractivity contribution in [3.05, 3.63) is 53.9 Å². The van der Waals surface area contributed by atoms with Crippen LogP contribution in [0.2, 0.25) is 0 Å². The molecule has 2 aromatic heterocycles. The number of hydrogen-bond acceptors (Lipinski definition) is 7. The lowest BCUT2D eigenvalue weighted by Gasteiger charge is -2.10. The minimum absolute atomic E-state index is 0.259. The fourth-order valence-electron chi connectivity index (χ4n) is 2.87. The largest absolute Gasteiger partial charge is 0.497 e. The van der Waals surface area contributed by atoms with Crippen molar-refractivity contribution in [1.29, 1.82) is 0 Å². The van der Waals surface area contributed by atoms with E-state index in [4.69, 9.17) is 9.47 Å². The number of aryl methyl sites for hydroxylation is 1. The molecule has 0 bridgehead atoms. The maximum atomic E-state index is 12.7. The molecule has 2 heterocycles. The Bertz CT molecular complexity index is 1160. The Kier molecular flexibility index (Phi) is 5.13. The van der Waals surface area contributed by atoms with Gasteiger partial charge in [-0.1, -0.05) is 30.4 Å². The van der Waals surface area contributed by atoms with Gasteiger partial charge in [0.2, 0.25) is 4.96 Å². The lowest BCUT2D eigenvalue weighted by Crippen LogP contribution is -2.12. The van der Waals surface area contributed by atoms with Crippen LogP contribution in [0.15, 0.2) is 42.5 Å². The van der Waals surface area contributed by atoms with Gasteiger partial charge in [0.05, 0.1) is 14.2 Å². The van der Waals surface area contributed by atoms with E-state index in [1.807, 2.05) is 31.2 Å². The van der Waals surface area contributed by atoms with Crippen molar-refractivity contribution in [2.24, 2.45) is 0 Å². The molecule has 0 unspecified atom stereocenters. The van der Waals surface area contributed by atoms with E-state index >= 15 is 0 Å². The van der Waals surface area contributed by atoms with Crippen molar-refractivity contribution >= 4 is 27.9 Å².